The Morgan fingerprint density at radius 3 is 2.47 bits per heavy atom. The van der Waals surface area contributed by atoms with E-state index >= 15 is 0 Å². The van der Waals surface area contributed by atoms with E-state index < -0.39 is 5.97 Å². The second kappa shape index (κ2) is 10.2. The van der Waals surface area contributed by atoms with Crippen molar-refractivity contribution in [2.24, 2.45) is 0 Å². The van der Waals surface area contributed by atoms with Crippen molar-refractivity contribution in [3.8, 4) is 5.75 Å². The van der Waals surface area contributed by atoms with Gasteiger partial charge in [-0.1, -0.05) is 18.2 Å². The number of amides is 2. The third-order valence-corrected chi connectivity index (χ3v) is 5.22. The van der Waals surface area contributed by atoms with Gasteiger partial charge in [-0.25, -0.2) is 14.8 Å². The number of aryl methyl sites for hydroxylation is 2. The van der Waals surface area contributed by atoms with Crippen LogP contribution in [0.3, 0.4) is 0 Å². The van der Waals surface area contributed by atoms with Gasteiger partial charge in [0, 0.05) is 25.7 Å². The van der Waals surface area contributed by atoms with Gasteiger partial charge in [-0.2, -0.15) is 0 Å². The van der Waals surface area contributed by atoms with Crippen LogP contribution in [0.25, 0.3) is 0 Å². The van der Waals surface area contributed by atoms with Gasteiger partial charge in [0.15, 0.2) is 6.61 Å². The molecule has 1 aliphatic rings. The topological polar surface area (TPSA) is 102 Å². The third kappa shape index (κ3) is 5.22. The number of carbonyl (C=O) groups is 3. The van der Waals surface area contributed by atoms with E-state index in [1.165, 1.54) is 0 Å². The highest BCUT2D eigenvalue weighted by Gasteiger charge is 2.33. The third-order valence-electron chi connectivity index (χ3n) is 5.22. The summed E-state index contributed by atoms with van der Waals surface area (Å²) in [6.45, 7) is 8.02. The molecule has 0 saturated carbocycles. The number of nitrogens with zero attached hydrogens (tertiary/aromatic N) is 4. The summed E-state index contributed by atoms with van der Waals surface area (Å²) in [7, 11) is 0. The average molecular weight is 441 g/mol. The molecule has 2 aromatic rings. The predicted octanol–water partition coefficient (Wildman–Crippen LogP) is 2.02. The molecule has 0 spiro atoms. The van der Waals surface area contributed by atoms with Gasteiger partial charge in [0.25, 0.3) is 11.8 Å². The highest BCUT2D eigenvalue weighted by molar-refractivity contribution is 6.04. The van der Waals surface area contributed by atoms with E-state index in [1.807, 2.05) is 25.1 Å². The monoisotopic (exact) mass is 440 g/mol. The SMILES string of the molecule is CCOC(=O)c1c(C)nc(C)nc1C(=O)N1CCN(C(=O)COc2ccccc2)C(C)C1. The van der Waals surface area contributed by atoms with Gasteiger partial charge in [-0.3, -0.25) is 9.59 Å². The average Bonchev–Trinajstić information content (AvgIpc) is 2.77. The lowest BCUT2D eigenvalue weighted by atomic mass is 10.1. The maximum atomic E-state index is 13.3. The van der Waals surface area contributed by atoms with Gasteiger partial charge >= 0.3 is 5.97 Å². The number of para-hydroxylation sites is 1. The number of benzene rings is 1. The Hall–Kier alpha value is -3.49. The van der Waals surface area contributed by atoms with E-state index in [9.17, 15) is 14.4 Å². The van der Waals surface area contributed by atoms with Crippen molar-refractivity contribution in [2.45, 2.75) is 33.7 Å². The zero-order chi connectivity index (χ0) is 23.3. The van der Waals surface area contributed by atoms with Crippen molar-refractivity contribution < 1.29 is 23.9 Å². The first kappa shape index (κ1) is 23.2. The Morgan fingerprint density at radius 1 is 1.09 bits per heavy atom. The Kier molecular flexibility index (Phi) is 7.40. The van der Waals surface area contributed by atoms with Crippen LogP contribution < -0.4 is 4.74 Å². The molecular weight excluding hydrogens is 412 g/mol. The minimum absolute atomic E-state index is 0.0350. The van der Waals surface area contributed by atoms with Crippen LogP contribution >= 0.6 is 0 Å². The molecule has 170 valence electrons. The number of hydrogen-bond donors (Lipinski definition) is 0. The summed E-state index contributed by atoms with van der Waals surface area (Å²) < 4.78 is 10.7. The molecule has 3 rings (SSSR count). The maximum absolute atomic E-state index is 13.3. The van der Waals surface area contributed by atoms with Crippen LogP contribution in [0.5, 0.6) is 5.75 Å². The summed E-state index contributed by atoms with van der Waals surface area (Å²) in [5, 5.41) is 0. The van der Waals surface area contributed by atoms with E-state index in [-0.39, 0.29) is 42.3 Å². The molecule has 0 radical (unpaired) electrons. The first-order valence-corrected chi connectivity index (χ1v) is 10.6. The van der Waals surface area contributed by atoms with E-state index in [1.54, 1.807) is 42.7 Å². The molecule has 2 heterocycles. The summed E-state index contributed by atoms with van der Waals surface area (Å²) in [4.78, 5) is 50.1. The first-order valence-electron chi connectivity index (χ1n) is 10.6. The van der Waals surface area contributed by atoms with Gasteiger partial charge in [-0.15, -0.1) is 0 Å². The van der Waals surface area contributed by atoms with Gasteiger partial charge in [-0.05, 0) is 39.8 Å². The molecule has 0 aliphatic carbocycles. The zero-order valence-corrected chi connectivity index (χ0v) is 18.8. The minimum atomic E-state index is -0.617. The van der Waals surface area contributed by atoms with Crippen molar-refractivity contribution in [1.29, 1.82) is 0 Å². The molecule has 2 amide bonds. The fraction of sp³-hybridized carbons (Fsp3) is 0.435. The molecule has 1 unspecified atom stereocenters. The van der Waals surface area contributed by atoms with Gasteiger partial charge in [0.1, 0.15) is 22.8 Å². The van der Waals surface area contributed by atoms with Crippen molar-refractivity contribution >= 4 is 17.8 Å². The summed E-state index contributed by atoms with van der Waals surface area (Å²) in [6.07, 6.45) is 0. The first-order chi connectivity index (χ1) is 15.3. The molecule has 1 fully saturated rings. The Bertz CT molecular complexity index is 995. The normalized spacial score (nSPS) is 15.9. The van der Waals surface area contributed by atoms with E-state index in [0.717, 1.165) is 0 Å². The number of ether oxygens (including phenoxy) is 2. The molecule has 1 aromatic carbocycles. The van der Waals surface area contributed by atoms with Crippen molar-refractivity contribution in [3.63, 3.8) is 0 Å². The number of piperazine rings is 1. The quantitative estimate of drug-likeness (QED) is 0.633. The minimum Gasteiger partial charge on any atom is -0.484 e. The number of carbonyl (C=O) groups excluding carboxylic acids is 3. The van der Waals surface area contributed by atoms with Gasteiger partial charge in [0.05, 0.1) is 12.3 Å². The number of aromatic nitrogens is 2. The molecule has 1 atom stereocenters. The maximum Gasteiger partial charge on any atom is 0.342 e. The lowest BCUT2D eigenvalue weighted by molar-refractivity contribution is -0.137. The van der Waals surface area contributed by atoms with E-state index in [4.69, 9.17) is 9.47 Å². The van der Waals surface area contributed by atoms with Crippen molar-refractivity contribution in [3.05, 3.63) is 53.1 Å². The number of hydrogen-bond acceptors (Lipinski definition) is 7. The van der Waals surface area contributed by atoms with Crippen LogP contribution in [0.2, 0.25) is 0 Å². The Morgan fingerprint density at radius 2 is 1.81 bits per heavy atom. The molecule has 9 heteroatoms. The number of esters is 1. The smallest absolute Gasteiger partial charge is 0.342 e. The van der Waals surface area contributed by atoms with Crippen LogP contribution in [0.4, 0.5) is 0 Å². The largest absolute Gasteiger partial charge is 0.484 e. The highest BCUT2D eigenvalue weighted by Crippen LogP contribution is 2.18. The molecular formula is C23H28N4O5. The molecule has 0 bridgehead atoms. The fourth-order valence-electron chi connectivity index (χ4n) is 3.72. The van der Waals surface area contributed by atoms with Gasteiger partial charge < -0.3 is 19.3 Å². The lowest BCUT2D eigenvalue weighted by Crippen LogP contribution is -2.56. The second-order valence-electron chi connectivity index (χ2n) is 7.59. The number of rotatable bonds is 6. The molecule has 1 aliphatic heterocycles. The zero-order valence-electron chi connectivity index (χ0n) is 18.8. The van der Waals surface area contributed by atoms with Crippen LogP contribution in [-0.2, 0) is 9.53 Å². The molecule has 1 aromatic heterocycles. The molecule has 32 heavy (non-hydrogen) atoms. The van der Waals surface area contributed by atoms with Crippen molar-refractivity contribution in [2.75, 3.05) is 32.8 Å². The summed E-state index contributed by atoms with van der Waals surface area (Å²) in [6, 6.07) is 8.93. The van der Waals surface area contributed by atoms with Crippen LogP contribution in [0.1, 0.15) is 46.2 Å². The van der Waals surface area contributed by atoms with Crippen molar-refractivity contribution in [1.82, 2.24) is 19.8 Å². The summed E-state index contributed by atoms with van der Waals surface area (Å²) in [5.41, 5.74) is 0.525. The Labute approximate surface area is 187 Å². The van der Waals surface area contributed by atoms with E-state index in [2.05, 4.69) is 9.97 Å². The van der Waals surface area contributed by atoms with Crippen LogP contribution in [0, 0.1) is 13.8 Å². The van der Waals surface area contributed by atoms with Gasteiger partial charge in [0.2, 0.25) is 0 Å². The fourth-order valence-corrected chi connectivity index (χ4v) is 3.72. The summed E-state index contributed by atoms with van der Waals surface area (Å²) >= 11 is 0. The Balaban J connectivity index is 1.69. The highest BCUT2D eigenvalue weighted by atomic mass is 16.5. The second-order valence-corrected chi connectivity index (χ2v) is 7.59. The summed E-state index contributed by atoms with van der Waals surface area (Å²) in [5.74, 6) is -0.106. The van der Waals surface area contributed by atoms with Crippen LogP contribution in [-0.4, -0.2) is 76.4 Å². The predicted molar refractivity (Wildman–Crippen MR) is 116 cm³/mol. The molecule has 0 N–H and O–H groups in total. The standard InChI is InChI=1S/C23H28N4O5/c1-5-31-23(30)20-16(3)24-17(4)25-21(20)22(29)26-11-12-27(15(2)13-26)19(28)14-32-18-9-7-6-8-10-18/h6-10,15H,5,11-14H2,1-4H3. The molecule has 9 nitrogen and oxygen atoms in total. The van der Waals surface area contributed by atoms with E-state index in [0.29, 0.717) is 36.9 Å². The molecule has 1 saturated heterocycles. The lowest BCUT2D eigenvalue weighted by Gasteiger charge is -2.39. The van der Waals surface area contributed by atoms with Crippen LogP contribution in [0.15, 0.2) is 30.3 Å².